The van der Waals surface area contributed by atoms with E-state index in [0.29, 0.717) is 0 Å². The number of rotatable bonds is 6. The molecule has 21 heavy (non-hydrogen) atoms. The van der Waals surface area contributed by atoms with Gasteiger partial charge < -0.3 is 9.88 Å². The van der Waals surface area contributed by atoms with E-state index in [1.807, 2.05) is 7.05 Å². The van der Waals surface area contributed by atoms with Gasteiger partial charge in [-0.2, -0.15) is 0 Å². The molecular formula is C19H24N2. The Labute approximate surface area is 126 Å². The Kier molecular flexibility index (Phi) is 4.14. The maximum Gasteiger partial charge on any atom is 0.0492 e. The minimum Gasteiger partial charge on any atom is -0.388 e. The van der Waals surface area contributed by atoms with Crippen LogP contribution in [0.5, 0.6) is 0 Å². The Balaban J connectivity index is 2.07. The second kappa shape index (κ2) is 6.21. The molecule has 2 heteroatoms. The summed E-state index contributed by atoms with van der Waals surface area (Å²) < 4.78 is 2.49. The monoisotopic (exact) mass is 280 g/mol. The third-order valence-corrected chi connectivity index (χ3v) is 4.30. The number of aromatic nitrogens is 1. The van der Waals surface area contributed by atoms with Gasteiger partial charge in [0.25, 0.3) is 0 Å². The second-order valence-electron chi connectivity index (χ2n) is 5.71. The molecule has 0 aliphatic heterocycles. The summed E-state index contributed by atoms with van der Waals surface area (Å²) in [5.74, 6) is 0. The van der Waals surface area contributed by atoms with Crippen LogP contribution in [0.4, 0.5) is 5.69 Å². The third kappa shape index (κ3) is 2.63. The van der Waals surface area contributed by atoms with E-state index in [-0.39, 0.29) is 0 Å². The average molecular weight is 280 g/mol. The number of hydrogen-bond acceptors (Lipinski definition) is 1. The van der Waals surface area contributed by atoms with Crippen molar-refractivity contribution in [3.05, 3.63) is 42.5 Å². The quantitative estimate of drug-likeness (QED) is 0.597. The smallest absolute Gasteiger partial charge is 0.0492 e. The number of fused-ring (bicyclic) bond motifs is 3. The van der Waals surface area contributed by atoms with Crippen molar-refractivity contribution in [3.63, 3.8) is 0 Å². The number of hydrogen-bond donors (Lipinski definition) is 1. The predicted molar refractivity (Wildman–Crippen MR) is 93.1 cm³/mol. The van der Waals surface area contributed by atoms with Gasteiger partial charge in [-0.1, -0.05) is 44.4 Å². The number of anilines is 1. The van der Waals surface area contributed by atoms with Crippen molar-refractivity contribution in [2.75, 3.05) is 12.4 Å². The van der Waals surface area contributed by atoms with Crippen molar-refractivity contribution in [2.24, 2.45) is 0 Å². The van der Waals surface area contributed by atoms with Gasteiger partial charge in [-0.25, -0.2) is 0 Å². The highest BCUT2D eigenvalue weighted by atomic mass is 15.0. The molecule has 0 spiro atoms. The lowest BCUT2D eigenvalue weighted by atomic mass is 10.1. The largest absolute Gasteiger partial charge is 0.388 e. The first-order valence-corrected chi connectivity index (χ1v) is 8.04. The fraction of sp³-hybridized carbons (Fsp3) is 0.368. The van der Waals surface area contributed by atoms with Gasteiger partial charge in [-0.05, 0) is 30.7 Å². The van der Waals surface area contributed by atoms with Crippen LogP contribution in [0.3, 0.4) is 0 Å². The predicted octanol–water partition coefficient (Wildman–Crippen LogP) is 5.42. The Morgan fingerprint density at radius 1 is 0.905 bits per heavy atom. The summed E-state index contributed by atoms with van der Waals surface area (Å²) in [4.78, 5) is 0. The van der Waals surface area contributed by atoms with Gasteiger partial charge in [0.2, 0.25) is 0 Å². The number of aryl methyl sites for hydroxylation is 1. The molecule has 3 aromatic rings. The maximum absolute atomic E-state index is 3.24. The highest BCUT2D eigenvalue weighted by molar-refractivity contribution is 6.09. The Hall–Kier alpha value is -1.96. The lowest BCUT2D eigenvalue weighted by Crippen LogP contribution is -1.97. The first kappa shape index (κ1) is 14.0. The van der Waals surface area contributed by atoms with Crippen molar-refractivity contribution in [1.82, 2.24) is 4.57 Å². The summed E-state index contributed by atoms with van der Waals surface area (Å²) in [6.45, 7) is 3.38. The molecule has 0 amide bonds. The van der Waals surface area contributed by atoms with Crippen LogP contribution in [0.1, 0.15) is 32.6 Å². The molecule has 2 nitrogen and oxygen atoms in total. The van der Waals surface area contributed by atoms with Crippen molar-refractivity contribution >= 4 is 27.5 Å². The van der Waals surface area contributed by atoms with E-state index in [9.17, 15) is 0 Å². The molecule has 0 saturated carbocycles. The molecule has 0 radical (unpaired) electrons. The number of nitrogens with one attached hydrogen (secondary N) is 1. The number of unbranched alkanes of at least 4 members (excludes halogenated alkanes) is 3. The summed E-state index contributed by atoms with van der Waals surface area (Å²) in [5.41, 5.74) is 3.89. The first-order chi connectivity index (χ1) is 10.3. The van der Waals surface area contributed by atoms with E-state index < -0.39 is 0 Å². The summed E-state index contributed by atoms with van der Waals surface area (Å²) in [6, 6.07) is 15.4. The topological polar surface area (TPSA) is 17.0 Å². The van der Waals surface area contributed by atoms with Crippen molar-refractivity contribution in [1.29, 1.82) is 0 Å². The SMILES string of the molecule is CCCCCCn1c2ccccc2c2cc(NC)ccc21. The third-order valence-electron chi connectivity index (χ3n) is 4.30. The Morgan fingerprint density at radius 3 is 2.52 bits per heavy atom. The summed E-state index contributed by atoms with van der Waals surface area (Å²) in [5, 5.41) is 5.96. The molecule has 110 valence electrons. The molecule has 1 aromatic heterocycles. The summed E-state index contributed by atoms with van der Waals surface area (Å²) >= 11 is 0. The fourth-order valence-corrected chi connectivity index (χ4v) is 3.15. The van der Waals surface area contributed by atoms with Gasteiger partial charge in [0.1, 0.15) is 0 Å². The molecule has 0 unspecified atom stereocenters. The zero-order valence-electron chi connectivity index (χ0n) is 13.0. The van der Waals surface area contributed by atoms with Gasteiger partial charge in [0.15, 0.2) is 0 Å². The molecule has 2 aromatic carbocycles. The highest BCUT2D eigenvalue weighted by Gasteiger charge is 2.10. The Bertz CT molecular complexity index is 740. The first-order valence-electron chi connectivity index (χ1n) is 8.04. The van der Waals surface area contributed by atoms with E-state index in [0.717, 1.165) is 6.54 Å². The lowest BCUT2D eigenvalue weighted by Gasteiger charge is -2.07. The van der Waals surface area contributed by atoms with Crippen LogP contribution in [0.2, 0.25) is 0 Å². The number of para-hydroxylation sites is 1. The molecule has 0 aliphatic rings. The van der Waals surface area contributed by atoms with E-state index in [4.69, 9.17) is 0 Å². The maximum atomic E-state index is 3.24. The van der Waals surface area contributed by atoms with Crippen LogP contribution in [0, 0.1) is 0 Å². The highest BCUT2D eigenvalue weighted by Crippen LogP contribution is 2.31. The number of nitrogens with zero attached hydrogens (tertiary/aromatic N) is 1. The van der Waals surface area contributed by atoms with E-state index in [2.05, 4.69) is 59.3 Å². The van der Waals surface area contributed by atoms with Crippen LogP contribution >= 0.6 is 0 Å². The molecule has 1 heterocycles. The standard InChI is InChI=1S/C19H24N2/c1-3-4-5-8-13-21-18-10-7-6-9-16(18)17-14-15(20-2)11-12-19(17)21/h6-7,9-12,14,20H,3-5,8,13H2,1-2H3. The van der Waals surface area contributed by atoms with Gasteiger partial charge in [0.05, 0.1) is 0 Å². The normalized spacial score (nSPS) is 11.3. The van der Waals surface area contributed by atoms with Gasteiger partial charge >= 0.3 is 0 Å². The summed E-state index contributed by atoms with van der Waals surface area (Å²) in [7, 11) is 1.98. The zero-order valence-corrected chi connectivity index (χ0v) is 13.0. The minimum absolute atomic E-state index is 1.11. The van der Waals surface area contributed by atoms with Crippen molar-refractivity contribution in [2.45, 2.75) is 39.2 Å². The van der Waals surface area contributed by atoms with Crippen LogP contribution in [-0.2, 0) is 6.54 Å². The van der Waals surface area contributed by atoms with Gasteiger partial charge in [0, 0.05) is 41.1 Å². The average Bonchev–Trinajstić information content (AvgIpc) is 2.85. The van der Waals surface area contributed by atoms with Crippen molar-refractivity contribution < 1.29 is 0 Å². The molecule has 3 rings (SSSR count). The zero-order chi connectivity index (χ0) is 14.7. The van der Waals surface area contributed by atoms with Gasteiger partial charge in [-0.15, -0.1) is 0 Å². The molecule has 0 saturated heterocycles. The number of benzene rings is 2. The molecule has 0 bridgehead atoms. The van der Waals surface area contributed by atoms with E-state index in [1.54, 1.807) is 0 Å². The Morgan fingerprint density at radius 2 is 1.71 bits per heavy atom. The second-order valence-corrected chi connectivity index (χ2v) is 5.71. The van der Waals surface area contributed by atoms with Crippen LogP contribution in [0.25, 0.3) is 21.8 Å². The summed E-state index contributed by atoms with van der Waals surface area (Å²) in [6.07, 6.45) is 5.20. The van der Waals surface area contributed by atoms with Crippen LogP contribution in [-0.4, -0.2) is 11.6 Å². The van der Waals surface area contributed by atoms with E-state index in [1.165, 1.54) is 53.2 Å². The molecule has 0 aliphatic carbocycles. The van der Waals surface area contributed by atoms with Crippen LogP contribution in [0.15, 0.2) is 42.5 Å². The minimum atomic E-state index is 1.11. The van der Waals surface area contributed by atoms with Gasteiger partial charge in [-0.3, -0.25) is 0 Å². The lowest BCUT2D eigenvalue weighted by molar-refractivity contribution is 0.602. The van der Waals surface area contributed by atoms with Crippen molar-refractivity contribution in [3.8, 4) is 0 Å². The van der Waals surface area contributed by atoms with E-state index >= 15 is 0 Å². The fourth-order valence-electron chi connectivity index (χ4n) is 3.15. The molecule has 0 fully saturated rings. The molecule has 0 atom stereocenters. The van der Waals surface area contributed by atoms with Crippen LogP contribution < -0.4 is 5.32 Å². The molecule has 1 N–H and O–H groups in total. The molecular weight excluding hydrogens is 256 g/mol.